The normalized spacial score (nSPS) is 21.6. The number of carbonyl (C=O) groups excluding carboxylic acids is 2. The lowest BCUT2D eigenvalue weighted by Crippen LogP contribution is -2.50. The van der Waals surface area contributed by atoms with Gasteiger partial charge in [0.25, 0.3) is 0 Å². The first-order valence-electron chi connectivity index (χ1n) is 7.01. The summed E-state index contributed by atoms with van der Waals surface area (Å²) in [7, 11) is 0. The van der Waals surface area contributed by atoms with Crippen molar-refractivity contribution in [2.24, 2.45) is 0 Å². The van der Waals surface area contributed by atoms with Gasteiger partial charge in [0, 0.05) is 18.3 Å². The molecule has 5 nitrogen and oxygen atoms in total. The van der Waals surface area contributed by atoms with Gasteiger partial charge in [-0.2, -0.15) is 0 Å². The van der Waals surface area contributed by atoms with Crippen molar-refractivity contribution in [2.75, 3.05) is 25.4 Å². The average molecular weight is 352 g/mol. The fraction of sp³-hybridized carbons (Fsp3) is 0.769. The van der Waals surface area contributed by atoms with Crippen molar-refractivity contribution in [3.8, 4) is 0 Å². The summed E-state index contributed by atoms with van der Waals surface area (Å²) in [5, 5.41) is 3.19. The molecule has 0 saturated carbocycles. The number of hydrogen-bond donors (Lipinski definition) is 1. The molecule has 2 aliphatic heterocycles. The van der Waals surface area contributed by atoms with Gasteiger partial charge in [0.2, 0.25) is 0 Å². The molecule has 120 valence electrons. The Kier molecular flexibility index (Phi) is 7.39. The molecule has 0 aromatic rings. The molecule has 0 unspecified atom stereocenters. The van der Waals surface area contributed by atoms with E-state index in [0.717, 1.165) is 25.1 Å². The van der Waals surface area contributed by atoms with E-state index < -0.39 is 0 Å². The van der Waals surface area contributed by atoms with E-state index in [4.69, 9.17) is 12.2 Å². The highest BCUT2D eigenvalue weighted by molar-refractivity contribution is 8.23. The molecule has 0 bridgehead atoms. The zero-order valence-corrected chi connectivity index (χ0v) is 14.8. The maximum atomic E-state index is 12.5. The first kappa shape index (κ1) is 18.7. The smallest absolute Gasteiger partial charge is 0.315 e. The molecule has 2 saturated heterocycles. The molecule has 0 aromatic heterocycles. The van der Waals surface area contributed by atoms with E-state index >= 15 is 0 Å². The Hall–Kier alpha value is -0.370. The van der Waals surface area contributed by atoms with E-state index in [1.165, 1.54) is 11.8 Å². The summed E-state index contributed by atoms with van der Waals surface area (Å²) in [5.74, 6) is 0.941. The van der Waals surface area contributed by atoms with Crippen LogP contribution in [0.4, 0.5) is 4.79 Å². The zero-order chi connectivity index (χ0) is 14.7. The molecular formula is C13H22ClN3O2S2. The van der Waals surface area contributed by atoms with Crippen molar-refractivity contribution in [3.63, 3.8) is 0 Å². The van der Waals surface area contributed by atoms with E-state index in [9.17, 15) is 9.59 Å². The van der Waals surface area contributed by atoms with Crippen molar-refractivity contribution >= 4 is 52.5 Å². The third-order valence-corrected chi connectivity index (χ3v) is 5.06. The lowest BCUT2D eigenvalue weighted by molar-refractivity contribution is -0.121. The number of carbonyl (C=O) groups is 2. The number of nitrogens with zero attached hydrogens (tertiary/aromatic N) is 2. The summed E-state index contributed by atoms with van der Waals surface area (Å²) in [5.41, 5.74) is 0. The molecule has 0 aromatic carbocycles. The summed E-state index contributed by atoms with van der Waals surface area (Å²) < 4.78 is 0.618. The highest BCUT2D eigenvalue weighted by Crippen LogP contribution is 2.20. The molecule has 0 aliphatic carbocycles. The number of thiocarbonyl (C=S) groups is 1. The van der Waals surface area contributed by atoms with E-state index in [1.807, 2.05) is 13.8 Å². The number of ketones is 1. The minimum absolute atomic E-state index is 0. The topological polar surface area (TPSA) is 52.7 Å². The predicted molar refractivity (Wildman–Crippen MR) is 92.3 cm³/mol. The van der Waals surface area contributed by atoms with E-state index in [1.54, 1.807) is 9.80 Å². The molecule has 0 spiro atoms. The monoisotopic (exact) mass is 351 g/mol. The van der Waals surface area contributed by atoms with Gasteiger partial charge in [0.05, 0.1) is 12.6 Å². The number of hydrogen-bond acceptors (Lipinski definition) is 5. The van der Waals surface area contributed by atoms with Crippen LogP contribution in [0.3, 0.4) is 0 Å². The van der Waals surface area contributed by atoms with Crippen LogP contribution in [0.1, 0.15) is 26.7 Å². The van der Waals surface area contributed by atoms with Crippen LogP contribution in [0.5, 0.6) is 0 Å². The van der Waals surface area contributed by atoms with E-state index in [-0.39, 0.29) is 42.8 Å². The molecule has 2 rings (SSSR count). The Morgan fingerprint density at radius 2 is 2.24 bits per heavy atom. The maximum Gasteiger partial charge on any atom is 0.326 e. The van der Waals surface area contributed by atoms with Crippen LogP contribution in [-0.2, 0) is 4.79 Å². The molecule has 1 atom stereocenters. The Balaban J connectivity index is 0.00000220. The van der Waals surface area contributed by atoms with Crippen LogP contribution < -0.4 is 5.32 Å². The molecule has 2 heterocycles. The number of rotatable bonds is 4. The fourth-order valence-electron chi connectivity index (χ4n) is 2.43. The van der Waals surface area contributed by atoms with Crippen LogP contribution in [0.25, 0.3) is 0 Å². The summed E-state index contributed by atoms with van der Waals surface area (Å²) in [6.45, 7) is 5.55. The third kappa shape index (κ3) is 4.55. The summed E-state index contributed by atoms with van der Waals surface area (Å²) in [6, 6.07) is -0.244. The van der Waals surface area contributed by atoms with Crippen molar-refractivity contribution in [3.05, 3.63) is 0 Å². The van der Waals surface area contributed by atoms with Crippen LogP contribution in [-0.4, -0.2) is 63.4 Å². The summed E-state index contributed by atoms with van der Waals surface area (Å²) in [6.07, 6.45) is 1.90. The van der Waals surface area contributed by atoms with Crippen LogP contribution in [0.15, 0.2) is 0 Å². The first-order chi connectivity index (χ1) is 9.50. The maximum absolute atomic E-state index is 12.5. The minimum Gasteiger partial charge on any atom is -0.315 e. The Bertz CT molecular complexity index is 414. The second-order valence-corrected chi connectivity index (χ2v) is 7.11. The van der Waals surface area contributed by atoms with Crippen molar-refractivity contribution in [1.82, 2.24) is 15.1 Å². The number of halogens is 1. The Morgan fingerprint density at radius 1 is 1.52 bits per heavy atom. The van der Waals surface area contributed by atoms with E-state index in [0.29, 0.717) is 10.9 Å². The standard InChI is InChI=1S/C13H21N3O2S2.ClH/c1-9(2)16(8-11(17)10-4-3-5-14-10)12(18)15-6-7-20-13(15)19;/h9-10,14H,3-8H2,1-2H3;1H/t10-;/m1./s1. The van der Waals surface area contributed by atoms with Gasteiger partial charge in [0.1, 0.15) is 4.32 Å². The quantitative estimate of drug-likeness (QED) is 0.784. The largest absolute Gasteiger partial charge is 0.326 e. The molecule has 1 N–H and O–H groups in total. The van der Waals surface area contributed by atoms with Crippen LogP contribution >= 0.6 is 36.4 Å². The van der Waals surface area contributed by atoms with Gasteiger partial charge >= 0.3 is 6.03 Å². The number of urea groups is 1. The number of Topliss-reactive ketones (excluding diaryl/α,β-unsaturated/α-hetero) is 1. The van der Waals surface area contributed by atoms with Crippen molar-refractivity contribution in [2.45, 2.75) is 38.8 Å². The average Bonchev–Trinajstić information content (AvgIpc) is 3.05. The van der Waals surface area contributed by atoms with Gasteiger partial charge in [-0.1, -0.05) is 24.0 Å². The highest BCUT2D eigenvalue weighted by Gasteiger charge is 2.32. The van der Waals surface area contributed by atoms with Gasteiger partial charge in [-0.15, -0.1) is 12.4 Å². The van der Waals surface area contributed by atoms with Crippen molar-refractivity contribution < 1.29 is 9.59 Å². The highest BCUT2D eigenvalue weighted by atomic mass is 35.5. The molecule has 0 radical (unpaired) electrons. The Labute approximate surface area is 141 Å². The number of amides is 2. The fourth-order valence-corrected chi connectivity index (χ4v) is 3.62. The molecule has 21 heavy (non-hydrogen) atoms. The van der Waals surface area contributed by atoms with Gasteiger partial charge in [0.15, 0.2) is 5.78 Å². The predicted octanol–water partition coefficient (Wildman–Crippen LogP) is 1.89. The Morgan fingerprint density at radius 3 is 2.71 bits per heavy atom. The lowest BCUT2D eigenvalue weighted by Gasteiger charge is -2.30. The SMILES string of the molecule is CC(C)N(CC(=O)[C@H]1CCCN1)C(=O)N1CCSC1=S.Cl. The molecule has 2 fully saturated rings. The van der Waals surface area contributed by atoms with Gasteiger partial charge in [-0.25, -0.2) is 4.79 Å². The van der Waals surface area contributed by atoms with Gasteiger partial charge in [-0.3, -0.25) is 9.69 Å². The molecular weight excluding hydrogens is 330 g/mol. The van der Waals surface area contributed by atoms with Crippen molar-refractivity contribution in [1.29, 1.82) is 0 Å². The lowest BCUT2D eigenvalue weighted by atomic mass is 10.1. The zero-order valence-electron chi connectivity index (χ0n) is 12.3. The van der Waals surface area contributed by atoms with Gasteiger partial charge in [-0.05, 0) is 33.2 Å². The second-order valence-electron chi connectivity index (χ2n) is 5.39. The molecule has 2 aliphatic rings. The van der Waals surface area contributed by atoms with Crippen LogP contribution in [0.2, 0.25) is 0 Å². The summed E-state index contributed by atoms with van der Waals surface area (Å²) >= 11 is 6.71. The van der Waals surface area contributed by atoms with Crippen LogP contribution in [0, 0.1) is 0 Å². The molecule has 2 amide bonds. The second kappa shape index (κ2) is 8.31. The first-order valence-corrected chi connectivity index (χ1v) is 8.41. The van der Waals surface area contributed by atoms with Gasteiger partial charge < -0.3 is 10.2 Å². The third-order valence-electron chi connectivity index (χ3n) is 3.64. The minimum atomic E-state index is -0.138. The molecule has 8 heteroatoms. The summed E-state index contributed by atoms with van der Waals surface area (Å²) in [4.78, 5) is 28.0. The van der Waals surface area contributed by atoms with E-state index in [2.05, 4.69) is 5.32 Å². The number of nitrogens with one attached hydrogen (secondary N) is 1. The number of thioether (sulfide) groups is 1.